The highest BCUT2D eigenvalue weighted by Crippen LogP contribution is 2.51. The third-order valence-corrected chi connectivity index (χ3v) is 7.25. The van der Waals surface area contributed by atoms with Crippen molar-refractivity contribution in [1.29, 1.82) is 0 Å². The first kappa shape index (κ1) is 14.6. The van der Waals surface area contributed by atoms with Crippen LogP contribution < -0.4 is 10.6 Å². The minimum absolute atomic E-state index is 0.0898. The van der Waals surface area contributed by atoms with Gasteiger partial charge in [-0.1, -0.05) is 60.3 Å². The Morgan fingerprint density at radius 1 is 0.895 bits per heavy atom. The summed E-state index contributed by atoms with van der Waals surface area (Å²) in [5.41, 5.74) is -0.697. The van der Waals surface area contributed by atoms with Crippen molar-refractivity contribution in [3.63, 3.8) is 0 Å². The highest BCUT2D eigenvalue weighted by molar-refractivity contribution is 8.68. The van der Waals surface area contributed by atoms with Crippen molar-refractivity contribution in [2.24, 2.45) is 0 Å². The summed E-state index contributed by atoms with van der Waals surface area (Å²) in [6, 6.07) is 14.1. The second kappa shape index (κ2) is 5.31. The summed E-state index contributed by atoms with van der Waals surface area (Å²) >= 11 is 9.80. The molecule has 0 amide bonds. The molecule has 0 aromatic heterocycles. The summed E-state index contributed by atoms with van der Waals surface area (Å²) < 4.78 is 39.1. The molecular formula is C13H10F3PS2. The molecule has 1 unspecified atom stereocenters. The second-order valence-electron chi connectivity index (χ2n) is 3.93. The van der Waals surface area contributed by atoms with Crippen LogP contribution >= 0.6 is 17.5 Å². The van der Waals surface area contributed by atoms with Gasteiger partial charge in [0.1, 0.15) is 0 Å². The van der Waals surface area contributed by atoms with Crippen LogP contribution in [0.5, 0.6) is 0 Å². The number of halogens is 3. The second-order valence-corrected chi connectivity index (χ2v) is 10.3. The summed E-state index contributed by atoms with van der Waals surface area (Å²) in [6.45, 7) is 0. The van der Waals surface area contributed by atoms with Crippen molar-refractivity contribution in [2.75, 3.05) is 0 Å². The Morgan fingerprint density at radius 3 is 2.00 bits per heavy atom. The van der Waals surface area contributed by atoms with E-state index in [1.165, 1.54) is 12.1 Å². The van der Waals surface area contributed by atoms with Gasteiger partial charge in [-0.15, -0.1) is 12.2 Å². The molecule has 2 aromatic carbocycles. The Kier molecular flexibility index (Phi) is 4.09. The number of rotatable bonds is 2. The van der Waals surface area contributed by atoms with Crippen LogP contribution in [0.1, 0.15) is 5.56 Å². The molecule has 19 heavy (non-hydrogen) atoms. The number of alkyl halides is 3. The normalized spacial score (nSPS) is 14.9. The van der Waals surface area contributed by atoms with Gasteiger partial charge < -0.3 is 0 Å². The molecular weight excluding hydrogens is 308 g/mol. The Labute approximate surface area is 119 Å². The number of hydrogen-bond acceptors (Lipinski definition) is 1. The Morgan fingerprint density at radius 2 is 1.42 bits per heavy atom. The molecule has 0 bridgehead atoms. The number of benzene rings is 2. The van der Waals surface area contributed by atoms with E-state index in [0.717, 1.165) is 6.07 Å². The van der Waals surface area contributed by atoms with Gasteiger partial charge in [0.05, 0.1) is 10.8 Å². The van der Waals surface area contributed by atoms with E-state index in [1.54, 1.807) is 36.4 Å². The smallest absolute Gasteiger partial charge is 0.166 e. The largest absolute Gasteiger partial charge is 0.417 e. The maximum absolute atomic E-state index is 13.0. The van der Waals surface area contributed by atoms with Crippen molar-refractivity contribution in [1.82, 2.24) is 0 Å². The summed E-state index contributed by atoms with van der Waals surface area (Å²) in [5, 5.41) is -1.98. The Balaban J connectivity index is 2.63. The number of thiol groups is 1. The SMILES string of the molecule is FC(F)(F)c1ccccc1P(=S)(S)c1ccccc1. The highest BCUT2D eigenvalue weighted by atomic mass is 32.9. The van der Waals surface area contributed by atoms with Gasteiger partial charge in [-0.25, -0.2) is 0 Å². The average molecular weight is 318 g/mol. The Hall–Kier alpha value is -0.770. The fourth-order valence-corrected chi connectivity index (χ4v) is 5.18. The van der Waals surface area contributed by atoms with Crippen LogP contribution in [0.15, 0.2) is 54.6 Å². The minimum Gasteiger partial charge on any atom is -0.166 e. The van der Waals surface area contributed by atoms with Gasteiger partial charge in [0, 0.05) is 5.30 Å². The van der Waals surface area contributed by atoms with Crippen molar-refractivity contribution in [3.8, 4) is 0 Å². The van der Waals surface area contributed by atoms with Crippen molar-refractivity contribution < 1.29 is 13.2 Å². The predicted molar refractivity (Wildman–Crippen MR) is 80.4 cm³/mol. The maximum Gasteiger partial charge on any atom is 0.417 e. The quantitative estimate of drug-likeness (QED) is 0.645. The molecule has 6 heteroatoms. The minimum atomic E-state index is -4.42. The average Bonchev–Trinajstić information content (AvgIpc) is 2.39. The van der Waals surface area contributed by atoms with Gasteiger partial charge in [0.2, 0.25) is 0 Å². The van der Waals surface area contributed by atoms with E-state index in [-0.39, 0.29) is 5.30 Å². The topological polar surface area (TPSA) is 0 Å². The van der Waals surface area contributed by atoms with E-state index < -0.39 is 17.0 Å². The number of hydrogen-bond donors (Lipinski definition) is 1. The first-order valence-electron chi connectivity index (χ1n) is 5.38. The zero-order valence-electron chi connectivity index (χ0n) is 9.63. The molecule has 2 rings (SSSR count). The van der Waals surface area contributed by atoms with Gasteiger partial charge in [-0.2, -0.15) is 13.2 Å². The molecule has 0 heterocycles. The molecule has 0 spiro atoms. The van der Waals surface area contributed by atoms with E-state index in [4.69, 9.17) is 11.8 Å². The molecule has 0 saturated heterocycles. The highest BCUT2D eigenvalue weighted by Gasteiger charge is 2.36. The summed E-state index contributed by atoms with van der Waals surface area (Å²) in [7, 11) is 0. The van der Waals surface area contributed by atoms with Gasteiger partial charge in [-0.3, -0.25) is 0 Å². The van der Waals surface area contributed by atoms with Crippen molar-refractivity contribution >= 4 is 39.9 Å². The summed E-state index contributed by atoms with van der Waals surface area (Å²) in [5.74, 6) is 0. The first-order chi connectivity index (χ1) is 8.83. The van der Waals surface area contributed by atoms with E-state index in [9.17, 15) is 13.2 Å². The fraction of sp³-hybridized carbons (Fsp3) is 0.0769. The molecule has 0 aliphatic rings. The molecule has 0 aliphatic heterocycles. The van der Waals surface area contributed by atoms with Crippen LogP contribution in [0.25, 0.3) is 0 Å². The fourth-order valence-electron chi connectivity index (χ4n) is 1.75. The lowest BCUT2D eigenvalue weighted by molar-refractivity contribution is -0.136. The van der Waals surface area contributed by atoms with Crippen molar-refractivity contribution in [3.05, 3.63) is 60.2 Å². The molecule has 0 aliphatic carbocycles. The molecule has 2 aromatic rings. The van der Waals surface area contributed by atoms with Gasteiger partial charge in [-0.05, 0) is 11.4 Å². The molecule has 0 saturated carbocycles. The third-order valence-electron chi connectivity index (χ3n) is 2.64. The molecule has 1 atom stereocenters. The van der Waals surface area contributed by atoms with Crippen LogP contribution in [0, 0.1) is 0 Å². The zero-order valence-corrected chi connectivity index (χ0v) is 12.2. The van der Waals surface area contributed by atoms with Crippen molar-refractivity contribution in [2.45, 2.75) is 6.18 Å². The summed E-state index contributed by atoms with van der Waals surface area (Å²) in [6.07, 6.45) is -4.42. The lowest BCUT2D eigenvalue weighted by atomic mass is 10.2. The van der Waals surface area contributed by atoms with Crippen LogP contribution in [0.4, 0.5) is 13.2 Å². The monoisotopic (exact) mass is 318 g/mol. The maximum atomic E-state index is 13.0. The zero-order chi connectivity index (χ0) is 14.1. The molecule has 0 nitrogen and oxygen atoms in total. The van der Waals surface area contributed by atoms with E-state index in [1.807, 2.05) is 0 Å². The molecule has 0 fully saturated rings. The van der Waals surface area contributed by atoms with E-state index in [2.05, 4.69) is 12.2 Å². The van der Waals surface area contributed by atoms with E-state index >= 15 is 0 Å². The van der Waals surface area contributed by atoms with Gasteiger partial charge in [0.25, 0.3) is 0 Å². The predicted octanol–water partition coefficient (Wildman–Crippen LogP) is 3.98. The van der Waals surface area contributed by atoms with Gasteiger partial charge in [0.15, 0.2) is 0 Å². The third kappa shape index (κ3) is 3.04. The van der Waals surface area contributed by atoms with E-state index in [0.29, 0.717) is 5.30 Å². The van der Waals surface area contributed by atoms with Crippen LogP contribution in [-0.2, 0) is 18.0 Å². The van der Waals surface area contributed by atoms with Crippen LogP contribution in [0.3, 0.4) is 0 Å². The molecule has 0 N–H and O–H groups in total. The summed E-state index contributed by atoms with van der Waals surface area (Å²) in [4.78, 5) is 0. The lowest BCUT2D eigenvalue weighted by Crippen LogP contribution is -2.22. The molecule has 100 valence electrons. The Bertz CT molecular complexity index is 623. The lowest BCUT2D eigenvalue weighted by Gasteiger charge is -2.21. The standard InChI is InChI=1S/C13H10F3PS2/c14-13(15,16)11-8-4-5-9-12(11)17(18,19)10-6-2-1-3-7-10/h1-9H,(H,18,19). The van der Waals surface area contributed by atoms with Gasteiger partial charge >= 0.3 is 6.18 Å². The molecule has 0 radical (unpaired) electrons. The van der Waals surface area contributed by atoms with Crippen LogP contribution in [0.2, 0.25) is 0 Å². The van der Waals surface area contributed by atoms with Crippen LogP contribution in [-0.4, -0.2) is 0 Å². The first-order valence-corrected chi connectivity index (χ1v) is 9.34.